The lowest BCUT2D eigenvalue weighted by Gasteiger charge is -2.15. The van der Waals surface area contributed by atoms with Crippen LogP contribution in [0.4, 0.5) is 5.69 Å². The van der Waals surface area contributed by atoms with Gasteiger partial charge in [0.1, 0.15) is 0 Å². The highest BCUT2D eigenvalue weighted by Gasteiger charge is 2.17. The van der Waals surface area contributed by atoms with E-state index in [2.05, 4.69) is 47.7 Å². The Labute approximate surface area is 174 Å². The predicted molar refractivity (Wildman–Crippen MR) is 120 cm³/mol. The molecule has 146 valence electrons. The molecular weight excluding hydrogens is 439 g/mol. The summed E-state index contributed by atoms with van der Waals surface area (Å²) in [7, 11) is 0. The van der Waals surface area contributed by atoms with Crippen molar-refractivity contribution in [3.63, 3.8) is 0 Å². The third-order valence-electron chi connectivity index (χ3n) is 4.92. The molecule has 0 aromatic heterocycles. The molecule has 6 heteroatoms. The fourth-order valence-electron chi connectivity index (χ4n) is 3.49. The Hall–Kier alpha value is -1.31. The van der Waals surface area contributed by atoms with E-state index < -0.39 is 0 Å². The second-order valence-corrected chi connectivity index (χ2v) is 6.75. The molecular formula is C20H33IN4O. The Kier molecular flexibility index (Phi) is 10.6. The average Bonchev–Trinajstić information content (AvgIpc) is 3.11. The van der Waals surface area contributed by atoms with E-state index in [0.29, 0.717) is 31.4 Å². The molecule has 4 N–H and O–H groups in total. The van der Waals surface area contributed by atoms with E-state index in [0.717, 1.165) is 18.5 Å². The molecule has 0 spiro atoms. The minimum absolute atomic E-state index is 0. The van der Waals surface area contributed by atoms with Gasteiger partial charge in [-0.3, -0.25) is 9.79 Å². The lowest BCUT2D eigenvalue weighted by atomic mass is 10.0. The number of amides is 1. The van der Waals surface area contributed by atoms with Gasteiger partial charge in [-0.1, -0.05) is 44.9 Å². The Balaban J connectivity index is 0.00000338. The molecule has 1 amide bonds. The number of hydrogen-bond donors (Lipinski definition) is 3. The average molecular weight is 472 g/mol. The van der Waals surface area contributed by atoms with Gasteiger partial charge in [0.05, 0.1) is 6.54 Å². The van der Waals surface area contributed by atoms with Crippen LogP contribution in [-0.2, 0) is 17.6 Å². The van der Waals surface area contributed by atoms with Crippen LogP contribution >= 0.6 is 24.0 Å². The van der Waals surface area contributed by atoms with Crippen molar-refractivity contribution in [2.45, 2.75) is 58.8 Å². The molecule has 1 fully saturated rings. The minimum atomic E-state index is 0. The predicted octanol–water partition coefficient (Wildman–Crippen LogP) is 3.85. The number of carbonyl (C=O) groups is 1. The van der Waals surface area contributed by atoms with Gasteiger partial charge in [-0.2, -0.15) is 0 Å². The van der Waals surface area contributed by atoms with Gasteiger partial charge < -0.3 is 16.4 Å². The number of aryl methyl sites for hydroxylation is 2. The van der Waals surface area contributed by atoms with Crippen LogP contribution in [0.15, 0.2) is 23.2 Å². The molecule has 0 atom stereocenters. The highest BCUT2D eigenvalue weighted by molar-refractivity contribution is 14.0. The molecule has 1 aromatic carbocycles. The molecule has 0 bridgehead atoms. The third-order valence-corrected chi connectivity index (χ3v) is 4.92. The smallest absolute Gasteiger partial charge is 0.220 e. The maximum Gasteiger partial charge on any atom is 0.220 e. The summed E-state index contributed by atoms with van der Waals surface area (Å²) in [6.45, 7) is 5.29. The summed E-state index contributed by atoms with van der Waals surface area (Å²) in [6, 6.07) is 6.30. The van der Waals surface area contributed by atoms with Crippen molar-refractivity contribution in [3.8, 4) is 0 Å². The Morgan fingerprint density at radius 2 is 1.81 bits per heavy atom. The summed E-state index contributed by atoms with van der Waals surface area (Å²) in [6.07, 6.45) is 7.47. The number of nitrogens with two attached hydrogens (primary N) is 1. The van der Waals surface area contributed by atoms with Crippen molar-refractivity contribution >= 4 is 41.5 Å². The lowest BCUT2D eigenvalue weighted by molar-refractivity contribution is -0.121. The van der Waals surface area contributed by atoms with Gasteiger partial charge in [-0.25, -0.2) is 0 Å². The monoisotopic (exact) mass is 472 g/mol. The molecule has 0 aliphatic heterocycles. The highest BCUT2D eigenvalue weighted by Crippen LogP contribution is 2.27. The van der Waals surface area contributed by atoms with E-state index in [-0.39, 0.29) is 29.9 Å². The van der Waals surface area contributed by atoms with Gasteiger partial charge in [0.15, 0.2) is 5.96 Å². The molecule has 2 rings (SSSR count). The largest absolute Gasteiger partial charge is 0.370 e. The Morgan fingerprint density at radius 3 is 2.38 bits per heavy atom. The number of anilines is 1. The van der Waals surface area contributed by atoms with Crippen LogP contribution < -0.4 is 16.4 Å². The molecule has 0 heterocycles. The first-order valence-corrected chi connectivity index (χ1v) is 9.58. The van der Waals surface area contributed by atoms with Crippen LogP contribution in [-0.4, -0.2) is 25.0 Å². The van der Waals surface area contributed by atoms with Crippen molar-refractivity contribution in [2.24, 2.45) is 16.6 Å². The van der Waals surface area contributed by atoms with Gasteiger partial charge >= 0.3 is 0 Å². The first-order valence-electron chi connectivity index (χ1n) is 9.58. The summed E-state index contributed by atoms with van der Waals surface area (Å²) in [5.41, 5.74) is 9.57. The molecule has 1 saturated carbocycles. The van der Waals surface area contributed by atoms with Crippen LogP contribution in [0.5, 0.6) is 0 Å². The van der Waals surface area contributed by atoms with Crippen molar-refractivity contribution in [1.29, 1.82) is 0 Å². The number of carbonyl (C=O) groups excluding carboxylic acids is 1. The van der Waals surface area contributed by atoms with Gasteiger partial charge in [0, 0.05) is 18.7 Å². The minimum Gasteiger partial charge on any atom is -0.370 e. The maximum atomic E-state index is 11.9. The van der Waals surface area contributed by atoms with Gasteiger partial charge in [-0.05, 0) is 42.7 Å². The van der Waals surface area contributed by atoms with Crippen LogP contribution in [0, 0.1) is 5.92 Å². The lowest BCUT2D eigenvalue weighted by Crippen LogP contribution is -2.29. The van der Waals surface area contributed by atoms with E-state index in [9.17, 15) is 4.79 Å². The number of rotatable bonds is 8. The zero-order valence-corrected chi connectivity index (χ0v) is 18.3. The second-order valence-electron chi connectivity index (χ2n) is 6.75. The van der Waals surface area contributed by atoms with Crippen LogP contribution in [0.2, 0.25) is 0 Å². The fraction of sp³-hybridized carbons (Fsp3) is 0.600. The summed E-state index contributed by atoms with van der Waals surface area (Å²) >= 11 is 0. The first-order chi connectivity index (χ1) is 12.1. The van der Waals surface area contributed by atoms with Crippen molar-refractivity contribution in [3.05, 3.63) is 29.3 Å². The van der Waals surface area contributed by atoms with E-state index in [1.54, 1.807) is 0 Å². The maximum absolute atomic E-state index is 11.9. The fourth-order valence-corrected chi connectivity index (χ4v) is 3.49. The molecule has 1 aromatic rings. The number of guanidine groups is 1. The van der Waals surface area contributed by atoms with Gasteiger partial charge in [-0.15, -0.1) is 24.0 Å². The molecule has 0 radical (unpaired) electrons. The number of hydrogen-bond acceptors (Lipinski definition) is 2. The quantitative estimate of drug-likeness (QED) is 0.233. The number of nitrogens with one attached hydrogen (secondary N) is 2. The second kappa shape index (κ2) is 12.1. The number of aliphatic imine (C=N–C) groups is 1. The highest BCUT2D eigenvalue weighted by atomic mass is 127. The van der Waals surface area contributed by atoms with E-state index in [4.69, 9.17) is 5.73 Å². The van der Waals surface area contributed by atoms with Crippen LogP contribution in [0.1, 0.15) is 57.1 Å². The van der Waals surface area contributed by atoms with E-state index in [1.165, 1.54) is 36.8 Å². The van der Waals surface area contributed by atoms with Crippen LogP contribution in [0.25, 0.3) is 0 Å². The van der Waals surface area contributed by atoms with Gasteiger partial charge in [0.25, 0.3) is 0 Å². The number of para-hydroxylation sites is 1. The third kappa shape index (κ3) is 7.13. The SMILES string of the molecule is CCc1cccc(CC)c1NC(N)=NCCNC(=O)CC1CCCC1.I. The zero-order chi connectivity index (χ0) is 18.1. The first kappa shape index (κ1) is 22.7. The molecule has 0 saturated heterocycles. The summed E-state index contributed by atoms with van der Waals surface area (Å²) in [5.74, 6) is 1.12. The molecule has 1 aliphatic carbocycles. The molecule has 1 aliphatic rings. The normalized spacial score (nSPS) is 14.8. The number of halogens is 1. The van der Waals surface area contributed by atoms with Gasteiger partial charge in [0.2, 0.25) is 5.91 Å². The van der Waals surface area contributed by atoms with Crippen molar-refractivity contribution in [2.75, 3.05) is 18.4 Å². The standard InChI is InChI=1S/C20H32N4O.HI/c1-3-16-10-7-11-17(4-2)19(16)24-20(21)23-13-12-22-18(25)14-15-8-5-6-9-15;/h7,10-11,15H,3-6,8-9,12-14H2,1-2H3,(H,22,25)(H3,21,23,24);1H. The van der Waals surface area contributed by atoms with Crippen molar-refractivity contribution in [1.82, 2.24) is 5.32 Å². The molecule has 26 heavy (non-hydrogen) atoms. The zero-order valence-electron chi connectivity index (χ0n) is 16.0. The molecule has 5 nitrogen and oxygen atoms in total. The van der Waals surface area contributed by atoms with E-state index in [1.807, 2.05) is 0 Å². The van der Waals surface area contributed by atoms with Crippen molar-refractivity contribution < 1.29 is 4.79 Å². The summed E-state index contributed by atoms with van der Waals surface area (Å²) in [5, 5.41) is 6.19. The Morgan fingerprint density at radius 1 is 1.19 bits per heavy atom. The number of benzene rings is 1. The summed E-state index contributed by atoms with van der Waals surface area (Å²) < 4.78 is 0. The van der Waals surface area contributed by atoms with Crippen LogP contribution in [0.3, 0.4) is 0 Å². The topological polar surface area (TPSA) is 79.5 Å². The molecule has 0 unspecified atom stereocenters. The van der Waals surface area contributed by atoms with E-state index >= 15 is 0 Å². The summed E-state index contributed by atoms with van der Waals surface area (Å²) in [4.78, 5) is 16.2. The Bertz CT molecular complexity index is 575. The number of nitrogens with zero attached hydrogens (tertiary/aromatic N) is 1.